The molecule has 0 atom stereocenters. The maximum Gasteiger partial charge on any atom is 0.403 e. The van der Waals surface area contributed by atoms with E-state index in [2.05, 4.69) is 4.74 Å². The number of nitrogens with zero attached hydrogens (tertiary/aromatic N) is 1. The standard InChI is InChI=1S/C3H5ClO2.C3H9N/c1-2-6-3(4)5;1-4(2)3/h2H2,1H3;1-3H3. The average molecular weight is 168 g/mol. The van der Waals surface area contributed by atoms with Gasteiger partial charge in [0.15, 0.2) is 0 Å². The molecule has 0 saturated heterocycles. The maximum atomic E-state index is 9.59. The van der Waals surface area contributed by atoms with Gasteiger partial charge in [0.25, 0.3) is 0 Å². The molecule has 0 amide bonds. The minimum absolute atomic E-state index is 0.350. The van der Waals surface area contributed by atoms with Crippen molar-refractivity contribution in [1.82, 2.24) is 4.90 Å². The summed E-state index contributed by atoms with van der Waals surface area (Å²) in [6.45, 7) is 2.04. The summed E-state index contributed by atoms with van der Waals surface area (Å²) < 4.78 is 4.17. The molecule has 0 aromatic rings. The highest BCUT2D eigenvalue weighted by molar-refractivity contribution is 6.61. The van der Waals surface area contributed by atoms with Crippen LogP contribution >= 0.6 is 11.6 Å². The van der Waals surface area contributed by atoms with Crippen molar-refractivity contribution in [2.75, 3.05) is 27.7 Å². The van der Waals surface area contributed by atoms with Gasteiger partial charge in [0.2, 0.25) is 0 Å². The largest absolute Gasteiger partial charge is 0.454 e. The molecule has 4 heteroatoms. The van der Waals surface area contributed by atoms with Crippen molar-refractivity contribution in [3.05, 3.63) is 0 Å². The fourth-order valence-electron chi connectivity index (χ4n) is 0.113. The molecule has 0 rings (SSSR count). The van der Waals surface area contributed by atoms with E-state index in [9.17, 15) is 4.79 Å². The van der Waals surface area contributed by atoms with Gasteiger partial charge < -0.3 is 9.64 Å². The van der Waals surface area contributed by atoms with Crippen LogP contribution < -0.4 is 0 Å². The summed E-state index contributed by atoms with van der Waals surface area (Å²) in [5.41, 5.74) is -0.738. The van der Waals surface area contributed by atoms with Crippen LogP contribution in [0.2, 0.25) is 0 Å². The van der Waals surface area contributed by atoms with Gasteiger partial charge in [-0.05, 0) is 28.1 Å². The lowest BCUT2D eigenvalue weighted by Crippen LogP contribution is -1.99. The molecular weight excluding hydrogens is 154 g/mol. The molecule has 0 N–H and O–H groups in total. The summed E-state index contributed by atoms with van der Waals surface area (Å²) in [5.74, 6) is 0. The number of carbonyl (C=O) groups is 1. The molecule has 0 fully saturated rings. The topological polar surface area (TPSA) is 29.5 Å². The van der Waals surface area contributed by atoms with E-state index in [0.717, 1.165) is 0 Å². The zero-order valence-corrected chi connectivity index (χ0v) is 7.60. The van der Waals surface area contributed by atoms with Crippen molar-refractivity contribution >= 4 is 17.0 Å². The highest BCUT2D eigenvalue weighted by Gasteiger charge is 1.86. The summed E-state index contributed by atoms with van der Waals surface area (Å²) in [5, 5.41) is 0. The van der Waals surface area contributed by atoms with Gasteiger partial charge in [-0.25, -0.2) is 4.79 Å². The summed E-state index contributed by atoms with van der Waals surface area (Å²) >= 11 is 4.72. The SMILES string of the molecule is CCOC(=O)Cl.CN(C)C. The lowest BCUT2D eigenvalue weighted by molar-refractivity contribution is 0.180. The molecule has 0 aromatic carbocycles. The van der Waals surface area contributed by atoms with Crippen molar-refractivity contribution in [1.29, 1.82) is 0 Å². The molecular formula is C6H14ClNO2. The molecule has 62 valence electrons. The number of hydrogen-bond acceptors (Lipinski definition) is 3. The fourth-order valence-corrected chi connectivity index (χ4v) is 0.223. The van der Waals surface area contributed by atoms with Crippen LogP contribution in [-0.2, 0) is 4.74 Å². The average Bonchev–Trinajstić information content (AvgIpc) is 1.62. The Hall–Kier alpha value is -0.280. The van der Waals surface area contributed by atoms with Crippen LogP contribution in [0.25, 0.3) is 0 Å². The van der Waals surface area contributed by atoms with E-state index < -0.39 is 5.43 Å². The Labute approximate surface area is 66.9 Å². The molecule has 0 saturated carbocycles. The highest BCUT2D eigenvalue weighted by Crippen LogP contribution is 1.82. The van der Waals surface area contributed by atoms with Gasteiger partial charge in [0.05, 0.1) is 6.61 Å². The third-order valence-electron chi connectivity index (χ3n) is 0.258. The van der Waals surface area contributed by atoms with Crippen LogP contribution in [0.1, 0.15) is 6.92 Å². The molecule has 0 aliphatic heterocycles. The monoisotopic (exact) mass is 167 g/mol. The van der Waals surface area contributed by atoms with Crippen LogP contribution in [-0.4, -0.2) is 38.1 Å². The first-order valence-corrected chi connectivity index (χ1v) is 3.31. The normalized spacial score (nSPS) is 8.20. The van der Waals surface area contributed by atoms with E-state index in [1.807, 2.05) is 26.0 Å². The zero-order valence-electron chi connectivity index (χ0n) is 6.85. The molecule has 0 unspecified atom stereocenters. The van der Waals surface area contributed by atoms with E-state index in [4.69, 9.17) is 11.6 Å². The minimum Gasteiger partial charge on any atom is -0.454 e. The maximum absolute atomic E-state index is 9.59. The fraction of sp³-hybridized carbons (Fsp3) is 0.833. The third kappa shape index (κ3) is 47.1. The minimum atomic E-state index is -0.738. The Kier molecular flexibility index (Phi) is 10.8. The smallest absolute Gasteiger partial charge is 0.403 e. The lowest BCUT2D eigenvalue weighted by atomic mass is 10.9. The van der Waals surface area contributed by atoms with Gasteiger partial charge in [-0.1, -0.05) is 0 Å². The molecule has 0 aromatic heterocycles. The van der Waals surface area contributed by atoms with Gasteiger partial charge in [-0.2, -0.15) is 0 Å². The Balaban J connectivity index is 0. The molecule has 0 heterocycles. The Bertz CT molecular complexity index is 83.1. The molecule has 0 bridgehead atoms. The van der Waals surface area contributed by atoms with Crippen LogP contribution in [0.3, 0.4) is 0 Å². The summed E-state index contributed by atoms with van der Waals surface area (Å²) in [6.07, 6.45) is 0. The van der Waals surface area contributed by atoms with Gasteiger partial charge in [-0.15, -0.1) is 0 Å². The van der Waals surface area contributed by atoms with Crippen molar-refractivity contribution in [2.45, 2.75) is 6.92 Å². The van der Waals surface area contributed by atoms with E-state index in [0.29, 0.717) is 6.61 Å². The van der Waals surface area contributed by atoms with Crippen molar-refractivity contribution in [3.8, 4) is 0 Å². The zero-order chi connectivity index (χ0) is 8.57. The van der Waals surface area contributed by atoms with Crippen LogP contribution in [0, 0.1) is 0 Å². The molecule has 0 aliphatic carbocycles. The van der Waals surface area contributed by atoms with E-state index >= 15 is 0 Å². The first-order chi connectivity index (χ1) is 4.50. The molecule has 3 nitrogen and oxygen atoms in total. The summed E-state index contributed by atoms with van der Waals surface area (Å²) in [7, 11) is 6.00. The number of halogens is 1. The van der Waals surface area contributed by atoms with Crippen LogP contribution in [0.4, 0.5) is 4.79 Å². The Morgan fingerprint density at radius 1 is 1.50 bits per heavy atom. The van der Waals surface area contributed by atoms with Crippen LogP contribution in [0.5, 0.6) is 0 Å². The number of hydrogen-bond donors (Lipinski definition) is 0. The lowest BCUT2D eigenvalue weighted by Gasteiger charge is -1.90. The van der Waals surface area contributed by atoms with Gasteiger partial charge in [-0.3, -0.25) is 0 Å². The predicted octanol–water partition coefficient (Wildman–Crippen LogP) is 1.56. The van der Waals surface area contributed by atoms with Gasteiger partial charge in [0, 0.05) is 11.6 Å². The predicted molar refractivity (Wildman–Crippen MR) is 42.5 cm³/mol. The van der Waals surface area contributed by atoms with Crippen molar-refractivity contribution in [3.63, 3.8) is 0 Å². The van der Waals surface area contributed by atoms with E-state index in [1.54, 1.807) is 6.92 Å². The molecule has 0 aliphatic rings. The first kappa shape index (κ1) is 12.4. The highest BCUT2D eigenvalue weighted by atomic mass is 35.5. The van der Waals surface area contributed by atoms with Crippen molar-refractivity contribution < 1.29 is 9.53 Å². The molecule has 10 heavy (non-hydrogen) atoms. The third-order valence-corrected chi connectivity index (χ3v) is 0.367. The van der Waals surface area contributed by atoms with Crippen molar-refractivity contribution in [2.24, 2.45) is 0 Å². The van der Waals surface area contributed by atoms with Crippen LogP contribution in [0.15, 0.2) is 0 Å². The second kappa shape index (κ2) is 8.72. The molecule has 0 radical (unpaired) electrons. The van der Waals surface area contributed by atoms with E-state index in [-0.39, 0.29) is 0 Å². The van der Waals surface area contributed by atoms with Gasteiger partial charge >= 0.3 is 5.43 Å². The Morgan fingerprint density at radius 3 is 1.80 bits per heavy atom. The first-order valence-electron chi connectivity index (χ1n) is 2.93. The number of ether oxygens (including phenoxy) is 1. The summed E-state index contributed by atoms with van der Waals surface area (Å²) in [6, 6.07) is 0. The van der Waals surface area contributed by atoms with E-state index in [1.165, 1.54) is 0 Å². The quantitative estimate of drug-likeness (QED) is 0.556. The second-order valence-corrected chi connectivity index (χ2v) is 2.32. The summed E-state index contributed by atoms with van der Waals surface area (Å²) in [4.78, 5) is 11.6. The number of rotatable bonds is 1. The number of carbonyl (C=O) groups excluding carboxylic acids is 1. The van der Waals surface area contributed by atoms with Gasteiger partial charge in [0.1, 0.15) is 0 Å². The Morgan fingerprint density at radius 2 is 1.80 bits per heavy atom. The second-order valence-electron chi connectivity index (χ2n) is 2.01. The molecule has 0 spiro atoms.